The molecule has 0 saturated carbocycles. The van der Waals surface area contributed by atoms with Crippen LogP contribution in [-0.2, 0) is 9.59 Å². The average molecular weight is 235 g/mol. The highest BCUT2D eigenvalue weighted by atomic mass is 35.5. The van der Waals surface area contributed by atoms with E-state index in [0.717, 1.165) is 12.8 Å². The minimum atomic E-state index is -0.543. The molecule has 0 aliphatic heterocycles. The summed E-state index contributed by atoms with van der Waals surface area (Å²) in [4.78, 5) is 24.1. The number of amides is 2. The molecule has 88 valence electrons. The fraction of sp³-hybridized carbons (Fsp3) is 0.800. The molecule has 4 nitrogen and oxygen atoms in total. The van der Waals surface area contributed by atoms with Gasteiger partial charge in [0.15, 0.2) is 0 Å². The van der Waals surface area contributed by atoms with Crippen molar-refractivity contribution in [2.45, 2.75) is 26.2 Å². The number of likely N-dealkylation sites (N-methyl/N-ethyl adjacent to an activating group) is 1. The van der Waals surface area contributed by atoms with Gasteiger partial charge in [-0.25, -0.2) is 0 Å². The van der Waals surface area contributed by atoms with Crippen LogP contribution in [-0.4, -0.2) is 42.7 Å². The largest absolute Gasteiger partial charge is 0.348 e. The minimum absolute atomic E-state index is 0.454. The maximum absolute atomic E-state index is 11.4. The van der Waals surface area contributed by atoms with Gasteiger partial charge in [0, 0.05) is 26.0 Å². The van der Waals surface area contributed by atoms with Crippen molar-refractivity contribution in [3.8, 4) is 0 Å². The average Bonchev–Trinajstić information content (AvgIpc) is 2.24. The Morgan fingerprint density at radius 3 is 2.53 bits per heavy atom. The SMILES string of the molecule is CCCCN(C)C(=O)C(=O)NCCCCl. The first-order valence-corrected chi connectivity index (χ1v) is 5.76. The maximum atomic E-state index is 11.4. The van der Waals surface area contributed by atoms with Gasteiger partial charge >= 0.3 is 11.8 Å². The van der Waals surface area contributed by atoms with E-state index in [1.54, 1.807) is 7.05 Å². The Hall–Kier alpha value is -0.770. The molecule has 2 amide bonds. The lowest BCUT2D eigenvalue weighted by atomic mass is 10.3. The Kier molecular flexibility index (Phi) is 8.09. The maximum Gasteiger partial charge on any atom is 0.311 e. The first kappa shape index (κ1) is 14.2. The van der Waals surface area contributed by atoms with E-state index in [-0.39, 0.29) is 0 Å². The van der Waals surface area contributed by atoms with Gasteiger partial charge in [-0.3, -0.25) is 9.59 Å². The van der Waals surface area contributed by atoms with Crippen molar-refractivity contribution in [1.29, 1.82) is 0 Å². The molecule has 0 fully saturated rings. The van der Waals surface area contributed by atoms with Crippen LogP contribution >= 0.6 is 11.6 Å². The fourth-order valence-electron chi connectivity index (χ4n) is 1.01. The predicted molar refractivity (Wildman–Crippen MR) is 60.9 cm³/mol. The van der Waals surface area contributed by atoms with Crippen molar-refractivity contribution >= 4 is 23.4 Å². The molecule has 15 heavy (non-hydrogen) atoms. The molecule has 0 radical (unpaired) electrons. The number of hydrogen-bond donors (Lipinski definition) is 1. The first-order chi connectivity index (χ1) is 7.13. The van der Waals surface area contributed by atoms with E-state index in [1.807, 2.05) is 6.92 Å². The van der Waals surface area contributed by atoms with Crippen LogP contribution in [0.3, 0.4) is 0 Å². The molecule has 0 aromatic rings. The summed E-state index contributed by atoms with van der Waals surface area (Å²) >= 11 is 5.45. The predicted octanol–water partition coefficient (Wildman–Crippen LogP) is 0.990. The topological polar surface area (TPSA) is 49.4 Å². The number of carbonyl (C=O) groups excluding carboxylic acids is 2. The van der Waals surface area contributed by atoms with E-state index >= 15 is 0 Å². The van der Waals surface area contributed by atoms with Crippen molar-refractivity contribution in [1.82, 2.24) is 10.2 Å². The molecule has 0 aromatic heterocycles. The molecule has 0 aliphatic rings. The lowest BCUT2D eigenvalue weighted by Crippen LogP contribution is -2.41. The van der Waals surface area contributed by atoms with Gasteiger partial charge < -0.3 is 10.2 Å². The van der Waals surface area contributed by atoms with Gasteiger partial charge in [-0.15, -0.1) is 11.6 Å². The summed E-state index contributed by atoms with van der Waals surface area (Å²) in [7, 11) is 1.64. The molecule has 0 bridgehead atoms. The van der Waals surface area contributed by atoms with Crippen LogP contribution in [0.4, 0.5) is 0 Å². The zero-order valence-electron chi connectivity index (χ0n) is 9.38. The number of rotatable bonds is 6. The summed E-state index contributed by atoms with van der Waals surface area (Å²) in [5.74, 6) is -0.531. The van der Waals surface area contributed by atoms with Crippen LogP contribution < -0.4 is 5.32 Å². The van der Waals surface area contributed by atoms with Crippen molar-refractivity contribution in [3.05, 3.63) is 0 Å². The van der Waals surface area contributed by atoms with Crippen molar-refractivity contribution in [2.75, 3.05) is 26.0 Å². The van der Waals surface area contributed by atoms with E-state index in [4.69, 9.17) is 11.6 Å². The number of nitrogens with zero attached hydrogens (tertiary/aromatic N) is 1. The van der Waals surface area contributed by atoms with Crippen LogP contribution in [0.1, 0.15) is 26.2 Å². The van der Waals surface area contributed by atoms with Crippen molar-refractivity contribution in [3.63, 3.8) is 0 Å². The van der Waals surface area contributed by atoms with Gasteiger partial charge in [-0.05, 0) is 12.8 Å². The highest BCUT2D eigenvalue weighted by molar-refractivity contribution is 6.34. The summed E-state index contributed by atoms with van der Waals surface area (Å²) in [6.45, 7) is 3.12. The number of alkyl halides is 1. The lowest BCUT2D eigenvalue weighted by Gasteiger charge is -2.15. The quantitative estimate of drug-likeness (QED) is 0.423. The standard InChI is InChI=1S/C10H19ClN2O2/c1-3-4-8-13(2)10(15)9(14)12-7-5-6-11/h3-8H2,1-2H3,(H,12,14). The van der Waals surface area contributed by atoms with E-state index in [2.05, 4.69) is 5.32 Å². The highest BCUT2D eigenvalue weighted by Crippen LogP contribution is 1.92. The van der Waals surface area contributed by atoms with Crippen LogP contribution in [0.15, 0.2) is 0 Å². The summed E-state index contributed by atoms with van der Waals surface area (Å²) < 4.78 is 0. The molecule has 0 saturated heterocycles. The molecule has 0 unspecified atom stereocenters. The molecule has 0 rings (SSSR count). The Balaban J connectivity index is 3.81. The molecule has 0 heterocycles. The lowest BCUT2D eigenvalue weighted by molar-refractivity contribution is -0.145. The van der Waals surface area contributed by atoms with Crippen LogP contribution in [0, 0.1) is 0 Å². The number of nitrogens with one attached hydrogen (secondary N) is 1. The Morgan fingerprint density at radius 1 is 1.33 bits per heavy atom. The Labute approximate surface area is 96.0 Å². The van der Waals surface area contributed by atoms with Crippen molar-refractivity contribution < 1.29 is 9.59 Å². The number of unbranched alkanes of at least 4 members (excludes halogenated alkanes) is 1. The second-order valence-corrected chi connectivity index (χ2v) is 3.76. The number of carbonyl (C=O) groups is 2. The van der Waals surface area contributed by atoms with Crippen LogP contribution in [0.5, 0.6) is 0 Å². The second-order valence-electron chi connectivity index (χ2n) is 3.38. The first-order valence-electron chi connectivity index (χ1n) is 5.22. The molecule has 0 atom stereocenters. The number of hydrogen-bond acceptors (Lipinski definition) is 2. The summed E-state index contributed by atoms with van der Waals surface area (Å²) in [6, 6.07) is 0. The molecule has 0 spiro atoms. The Bertz CT molecular complexity index is 210. The van der Waals surface area contributed by atoms with Crippen molar-refractivity contribution in [2.24, 2.45) is 0 Å². The molecule has 0 aliphatic carbocycles. The van der Waals surface area contributed by atoms with E-state index in [0.29, 0.717) is 25.4 Å². The van der Waals surface area contributed by atoms with E-state index in [1.165, 1.54) is 4.90 Å². The van der Waals surface area contributed by atoms with Crippen LogP contribution in [0.25, 0.3) is 0 Å². The Morgan fingerprint density at radius 2 is 2.00 bits per heavy atom. The summed E-state index contributed by atoms with van der Waals surface area (Å²) in [6.07, 6.45) is 2.60. The van der Waals surface area contributed by atoms with E-state index < -0.39 is 11.8 Å². The summed E-state index contributed by atoms with van der Waals surface area (Å²) in [5.41, 5.74) is 0. The minimum Gasteiger partial charge on any atom is -0.348 e. The molecule has 0 aromatic carbocycles. The fourth-order valence-corrected chi connectivity index (χ4v) is 1.15. The zero-order chi connectivity index (χ0) is 11.7. The van der Waals surface area contributed by atoms with Crippen LogP contribution in [0.2, 0.25) is 0 Å². The van der Waals surface area contributed by atoms with Gasteiger partial charge in [-0.1, -0.05) is 13.3 Å². The molecule has 1 N–H and O–H groups in total. The monoisotopic (exact) mass is 234 g/mol. The highest BCUT2D eigenvalue weighted by Gasteiger charge is 2.16. The normalized spacial score (nSPS) is 9.80. The van der Waals surface area contributed by atoms with Gasteiger partial charge in [0.25, 0.3) is 0 Å². The third kappa shape index (κ3) is 6.33. The number of halogens is 1. The molecular formula is C10H19ClN2O2. The molecule has 5 heteroatoms. The van der Waals surface area contributed by atoms with Gasteiger partial charge in [0.2, 0.25) is 0 Å². The zero-order valence-corrected chi connectivity index (χ0v) is 10.1. The smallest absolute Gasteiger partial charge is 0.311 e. The third-order valence-corrected chi connectivity index (χ3v) is 2.25. The van der Waals surface area contributed by atoms with Gasteiger partial charge in [-0.2, -0.15) is 0 Å². The molecular weight excluding hydrogens is 216 g/mol. The van der Waals surface area contributed by atoms with E-state index in [9.17, 15) is 9.59 Å². The van der Waals surface area contributed by atoms with Gasteiger partial charge in [0.1, 0.15) is 0 Å². The van der Waals surface area contributed by atoms with Gasteiger partial charge in [0.05, 0.1) is 0 Å². The summed E-state index contributed by atoms with van der Waals surface area (Å²) in [5, 5.41) is 2.53. The third-order valence-electron chi connectivity index (χ3n) is 1.98. The second kappa shape index (κ2) is 8.53.